The summed E-state index contributed by atoms with van der Waals surface area (Å²) in [5.74, 6) is 1.01. The van der Waals surface area contributed by atoms with Gasteiger partial charge in [-0.05, 0) is 30.7 Å². The van der Waals surface area contributed by atoms with Crippen molar-refractivity contribution >= 4 is 11.8 Å². The maximum absolute atomic E-state index is 12.2. The van der Waals surface area contributed by atoms with E-state index in [1.807, 2.05) is 6.07 Å². The molecular weight excluding hydrogens is 300 g/mol. The Labute approximate surface area is 145 Å². The van der Waals surface area contributed by atoms with Crippen molar-refractivity contribution < 1.29 is 14.3 Å². The number of carbonyl (C=O) groups is 2. The van der Waals surface area contributed by atoms with Crippen LogP contribution in [0, 0.1) is 5.92 Å². The van der Waals surface area contributed by atoms with Crippen LogP contribution in [0.4, 0.5) is 0 Å². The summed E-state index contributed by atoms with van der Waals surface area (Å²) in [7, 11) is 1.44. The highest BCUT2D eigenvalue weighted by molar-refractivity contribution is 5.84. The molecule has 1 aliphatic carbocycles. The maximum atomic E-state index is 12.2. The number of methoxy groups -OCH3 is 1. The van der Waals surface area contributed by atoms with E-state index >= 15 is 0 Å². The molecule has 0 heterocycles. The van der Waals surface area contributed by atoms with E-state index in [9.17, 15) is 9.59 Å². The van der Waals surface area contributed by atoms with Crippen LogP contribution in [-0.4, -0.2) is 18.9 Å². The third-order valence-electron chi connectivity index (χ3n) is 5.20. The maximum Gasteiger partial charge on any atom is 0.305 e. The van der Waals surface area contributed by atoms with E-state index in [0.29, 0.717) is 18.1 Å². The highest BCUT2D eigenvalue weighted by Crippen LogP contribution is 2.40. The van der Waals surface area contributed by atoms with E-state index in [1.54, 1.807) is 0 Å². The predicted octanol–water partition coefficient (Wildman–Crippen LogP) is 5.04. The molecule has 0 radical (unpaired) electrons. The molecule has 1 fully saturated rings. The van der Waals surface area contributed by atoms with Gasteiger partial charge in [-0.2, -0.15) is 0 Å². The smallest absolute Gasteiger partial charge is 0.305 e. The van der Waals surface area contributed by atoms with Gasteiger partial charge in [0.1, 0.15) is 5.78 Å². The van der Waals surface area contributed by atoms with E-state index in [2.05, 4.69) is 29.0 Å². The molecule has 132 valence electrons. The normalized spacial score (nSPS) is 20.3. The number of Topliss-reactive ketones (excluding diaryl/α,β-unsaturated/α-hetero) is 1. The number of hydrogen-bond donors (Lipinski definition) is 0. The van der Waals surface area contributed by atoms with Crippen molar-refractivity contribution in [2.45, 2.75) is 70.1 Å². The van der Waals surface area contributed by atoms with Crippen molar-refractivity contribution in [3.63, 3.8) is 0 Å². The molecule has 0 unspecified atom stereocenters. The molecule has 1 aromatic carbocycles. The summed E-state index contributed by atoms with van der Waals surface area (Å²) >= 11 is 0. The van der Waals surface area contributed by atoms with Gasteiger partial charge in [-0.1, -0.05) is 62.4 Å². The Bertz CT molecular complexity index is 509. The fourth-order valence-electron chi connectivity index (χ4n) is 3.81. The van der Waals surface area contributed by atoms with Crippen LogP contribution in [0.3, 0.4) is 0 Å². The molecule has 3 nitrogen and oxygen atoms in total. The lowest BCUT2D eigenvalue weighted by Crippen LogP contribution is -2.13. The fraction of sp³-hybridized carbons (Fsp3) is 0.619. The summed E-state index contributed by atoms with van der Waals surface area (Å²) < 4.78 is 4.64. The van der Waals surface area contributed by atoms with E-state index in [0.717, 1.165) is 44.9 Å². The van der Waals surface area contributed by atoms with E-state index in [4.69, 9.17) is 0 Å². The van der Waals surface area contributed by atoms with Gasteiger partial charge in [0.05, 0.1) is 7.11 Å². The minimum absolute atomic E-state index is 0.110. The molecule has 0 bridgehead atoms. The minimum atomic E-state index is -0.110. The van der Waals surface area contributed by atoms with Gasteiger partial charge in [0, 0.05) is 18.8 Å². The molecule has 0 N–H and O–H groups in total. The highest BCUT2D eigenvalue weighted by atomic mass is 16.5. The summed E-state index contributed by atoms with van der Waals surface area (Å²) in [5, 5.41) is 0. The molecule has 0 amide bonds. The second-order valence-electron chi connectivity index (χ2n) is 6.86. The minimum Gasteiger partial charge on any atom is -0.469 e. The number of benzene rings is 1. The molecule has 24 heavy (non-hydrogen) atoms. The summed E-state index contributed by atoms with van der Waals surface area (Å²) in [6, 6.07) is 10.5. The van der Waals surface area contributed by atoms with Crippen molar-refractivity contribution in [2.24, 2.45) is 5.92 Å². The molecule has 1 saturated carbocycles. The number of esters is 1. The van der Waals surface area contributed by atoms with E-state index in [1.165, 1.54) is 25.5 Å². The van der Waals surface area contributed by atoms with Crippen LogP contribution in [0.15, 0.2) is 30.3 Å². The van der Waals surface area contributed by atoms with Crippen LogP contribution in [0.5, 0.6) is 0 Å². The van der Waals surface area contributed by atoms with Crippen molar-refractivity contribution in [3.8, 4) is 0 Å². The van der Waals surface area contributed by atoms with Gasteiger partial charge in [0.25, 0.3) is 0 Å². The largest absolute Gasteiger partial charge is 0.469 e. The zero-order valence-electron chi connectivity index (χ0n) is 14.8. The predicted molar refractivity (Wildman–Crippen MR) is 95.9 cm³/mol. The number of ether oxygens (including phenoxy) is 1. The first kappa shape index (κ1) is 18.7. The Morgan fingerprint density at radius 2 is 1.71 bits per heavy atom. The van der Waals surface area contributed by atoms with Crippen LogP contribution < -0.4 is 0 Å². The van der Waals surface area contributed by atoms with Gasteiger partial charge in [0.2, 0.25) is 0 Å². The van der Waals surface area contributed by atoms with Crippen molar-refractivity contribution in [1.82, 2.24) is 0 Å². The summed E-state index contributed by atoms with van der Waals surface area (Å²) in [6.45, 7) is 0. The number of unbranched alkanes of at least 4 members (excludes halogenated alkanes) is 5. The molecule has 0 spiro atoms. The molecule has 0 saturated heterocycles. The second-order valence-corrected chi connectivity index (χ2v) is 6.86. The summed E-state index contributed by atoms with van der Waals surface area (Å²) in [5.41, 5.74) is 1.33. The summed E-state index contributed by atoms with van der Waals surface area (Å²) in [6.07, 6.45) is 10.0. The topological polar surface area (TPSA) is 43.4 Å². The second kappa shape index (κ2) is 10.3. The molecular formula is C21H30O3. The number of ketones is 1. The molecule has 2 rings (SSSR count). The first-order valence-corrected chi connectivity index (χ1v) is 9.37. The van der Waals surface area contributed by atoms with E-state index in [-0.39, 0.29) is 11.9 Å². The summed E-state index contributed by atoms with van der Waals surface area (Å²) in [4.78, 5) is 23.2. The highest BCUT2D eigenvalue weighted by Gasteiger charge is 2.34. The zero-order valence-corrected chi connectivity index (χ0v) is 14.8. The Hall–Kier alpha value is -1.64. The SMILES string of the molecule is COC(=O)CCCCCCCC[C@@H]1C(=O)CC[C@@H]1c1ccccc1. The van der Waals surface area contributed by atoms with Crippen LogP contribution >= 0.6 is 0 Å². The first-order chi connectivity index (χ1) is 11.7. The lowest BCUT2D eigenvalue weighted by molar-refractivity contribution is -0.140. The molecule has 1 aliphatic rings. The Kier molecular flexibility index (Phi) is 8.00. The average Bonchev–Trinajstić information content (AvgIpc) is 2.98. The molecule has 0 aliphatic heterocycles. The van der Waals surface area contributed by atoms with Gasteiger partial charge in [-0.3, -0.25) is 9.59 Å². The molecule has 3 heteroatoms. The third-order valence-corrected chi connectivity index (χ3v) is 5.20. The van der Waals surface area contributed by atoms with Crippen molar-refractivity contribution in [3.05, 3.63) is 35.9 Å². The van der Waals surface area contributed by atoms with Gasteiger partial charge >= 0.3 is 5.97 Å². The molecule has 0 aromatic heterocycles. The number of rotatable bonds is 10. The molecule has 2 atom stereocenters. The van der Waals surface area contributed by atoms with Crippen LogP contribution in [0.2, 0.25) is 0 Å². The fourth-order valence-corrected chi connectivity index (χ4v) is 3.81. The monoisotopic (exact) mass is 330 g/mol. The third kappa shape index (κ3) is 5.77. The first-order valence-electron chi connectivity index (χ1n) is 9.37. The standard InChI is InChI=1S/C21H30O3/c1-24-21(23)14-10-5-3-2-4-9-13-19-18(15-16-20(19)22)17-11-7-6-8-12-17/h6-8,11-12,18-19H,2-5,9-10,13-16H2,1H3/t18-,19+/m1/s1. The lowest BCUT2D eigenvalue weighted by atomic mass is 9.85. The van der Waals surface area contributed by atoms with Crippen LogP contribution in [0.1, 0.15) is 75.7 Å². The van der Waals surface area contributed by atoms with Crippen molar-refractivity contribution in [1.29, 1.82) is 0 Å². The Morgan fingerprint density at radius 3 is 2.42 bits per heavy atom. The van der Waals surface area contributed by atoms with Gasteiger partial charge in [-0.25, -0.2) is 0 Å². The quantitative estimate of drug-likeness (QED) is 0.446. The van der Waals surface area contributed by atoms with Gasteiger partial charge < -0.3 is 4.74 Å². The Morgan fingerprint density at radius 1 is 1.04 bits per heavy atom. The number of hydrogen-bond acceptors (Lipinski definition) is 3. The van der Waals surface area contributed by atoms with Gasteiger partial charge in [0.15, 0.2) is 0 Å². The average molecular weight is 330 g/mol. The number of carbonyl (C=O) groups excluding carboxylic acids is 2. The van der Waals surface area contributed by atoms with Gasteiger partial charge in [-0.15, -0.1) is 0 Å². The zero-order chi connectivity index (χ0) is 17.2. The van der Waals surface area contributed by atoms with Crippen LogP contribution in [0.25, 0.3) is 0 Å². The molecule has 1 aromatic rings. The van der Waals surface area contributed by atoms with Crippen LogP contribution in [-0.2, 0) is 14.3 Å². The lowest BCUT2D eigenvalue weighted by Gasteiger charge is -2.18. The van der Waals surface area contributed by atoms with E-state index < -0.39 is 0 Å². The van der Waals surface area contributed by atoms with Crippen molar-refractivity contribution in [2.75, 3.05) is 7.11 Å². The Balaban J connectivity index is 1.62.